The molecule has 0 atom stereocenters. The number of rotatable bonds is 6. The first-order chi connectivity index (χ1) is 9.67. The van der Waals surface area contributed by atoms with Gasteiger partial charge in [0, 0.05) is 98.1 Å². The van der Waals surface area contributed by atoms with Crippen LogP contribution in [0, 0.1) is 0 Å². The average molecular weight is 509 g/mol. The van der Waals surface area contributed by atoms with Crippen LogP contribution < -0.4 is 0 Å². The molecule has 2 heterocycles. The van der Waals surface area contributed by atoms with E-state index < -0.39 is 0 Å². The van der Waals surface area contributed by atoms with Crippen molar-refractivity contribution in [3.05, 3.63) is 0 Å². The first-order valence-electron chi connectivity index (χ1n) is 7.31. The number of halogens is 2. The van der Waals surface area contributed by atoms with E-state index >= 15 is 0 Å². The highest BCUT2D eigenvalue weighted by molar-refractivity contribution is 14.1. The monoisotopic (exact) mass is 509 g/mol. The minimum atomic E-state index is 0.749. The molecule has 0 aromatic heterocycles. The van der Waals surface area contributed by atoms with Crippen LogP contribution in [0.1, 0.15) is 6.92 Å². The Bertz CT molecular complexity index is 247. The summed E-state index contributed by atoms with van der Waals surface area (Å²) in [5.74, 6) is 0. The lowest BCUT2D eigenvalue weighted by atomic mass is 10.4. The summed E-state index contributed by atoms with van der Waals surface area (Å²) >= 11 is 4.82. The summed E-state index contributed by atoms with van der Waals surface area (Å²) in [6.07, 6.45) is 0. The van der Waals surface area contributed by atoms with Gasteiger partial charge in [-0.2, -0.15) is 5.06 Å². The Morgan fingerprint density at radius 1 is 0.800 bits per heavy atom. The van der Waals surface area contributed by atoms with Crippen molar-refractivity contribution in [3.8, 4) is 0 Å². The molecule has 0 bridgehead atoms. The zero-order valence-electron chi connectivity index (χ0n) is 12.2. The van der Waals surface area contributed by atoms with Crippen LogP contribution in [0.25, 0.3) is 0 Å². The van der Waals surface area contributed by atoms with Crippen LogP contribution in [0.3, 0.4) is 0 Å². The molecule has 2 saturated heterocycles. The second-order valence-electron chi connectivity index (χ2n) is 5.24. The van der Waals surface area contributed by atoms with Gasteiger partial charge in [-0.1, -0.05) is 0 Å². The molecule has 0 N–H and O–H groups in total. The predicted octanol–water partition coefficient (Wildman–Crippen LogP) is 1.09. The van der Waals surface area contributed by atoms with Crippen molar-refractivity contribution in [2.75, 3.05) is 72.3 Å². The molecule has 0 amide bonds. The normalized spacial score (nSPS) is 24.6. The molecule has 0 aromatic rings. The number of hydroxylamine groups is 2. The highest BCUT2D eigenvalue weighted by Crippen LogP contribution is 2.10. The Balaban J connectivity index is 1.74. The first-order valence-corrected chi connectivity index (χ1v) is 9.24. The first kappa shape index (κ1) is 17.6. The molecule has 2 aliphatic heterocycles. The summed E-state index contributed by atoms with van der Waals surface area (Å²) in [4.78, 5) is 10.8. The zero-order valence-corrected chi connectivity index (χ0v) is 16.5. The maximum Gasteiger partial charge on any atom is 0.0772 e. The van der Waals surface area contributed by atoms with Crippen LogP contribution in [-0.4, -0.2) is 93.4 Å². The fraction of sp³-hybridized carbons (Fsp3) is 1.00. The Morgan fingerprint density at radius 3 is 1.55 bits per heavy atom. The molecule has 118 valence electrons. The van der Waals surface area contributed by atoms with Gasteiger partial charge in [-0.05, 0) is 6.92 Å². The van der Waals surface area contributed by atoms with E-state index in [1.807, 2.05) is 0 Å². The third-order valence-electron chi connectivity index (χ3n) is 3.66. The van der Waals surface area contributed by atoms with Crippen molar-refractivity contribution in [2.24, 2.45) is 0 Å². The maximum atomic E-state index is 5.82. The Morgan fingerprint density at radius 2 is 1.20 bits per heavy atom. The number of hydrogen-bond donors (Lipinski definition) is 0. The topological polar surface area (TPSA) is 25.4 Å². The van der Waals surface area contributed by atoms with Crippen LogP contribution in [0.2, 0.25) is 0 Å². The number of hydrogen-bond acceptors (Lipinski definition) is 6. The van der Waals surface area contributed by atoms with Gasteiger partial charge in [-0.25, -0.2) is 6.23 Å². The molecular weight excluding hydrogens is 484 g/mol. The van der Waals surface area contributed by atoms with Gasteiger partial charge in [0.05, 0.1) is 19.9 Å². The van der Waals surface area contributed by atoms with Crippen molar-refractivity contribution in [2.45, 2.75) is 6.92 Å². The van der Waals surface area contributed by atoms with Gasteiger partial charge in [-0.3, -0.25) is 14.6 Å². The van der Waals surface area contributed by atoms with Crippen molar-refractivity contribution in [1.82, 2.24) is 21.1 Å². The molecule has 2 rings (SSSR count). The Labute approximate surface area is 150 Å². The third-order valence-corrected chi connectivity index (χ3v) is 5.59. The standard InChI is InChI=1S/C12H25I2N5O/c1-2-20-19(11-15-3-7-17(13)8-4-15)12-16-5-9-18(14)10-6-16/h2-12H2,1H3. The van der Waals surface area contributed by atoms with Gasteiger partial charge in [0.1, 0.15) is 0 Å². The fourth-order valence-electron chi connectivity index (χ4n) is 2.48. The van der Waals surface area contributed by atoms with E-state index in [4.69, 9.17) is 4.84 Å². The van der Waals surface area contributed by atoms with Gasteiger partial charge >= 0.3 is 0 Å². The second-order valence-corrected chi connectivity index (χ2v) is 7.97. The molecule has 8 heteroatoms. The van der Waals surface area contributed by atoms with Crippen LogP contribution >= 0.6 is 45.7 Å². The Hall–Kier alpha value is 1.22. The molecule has 20 heavy (non-hydrogen) atoms. The van der Waals surface area contributed by atoms with Gasteiger partial charge in [-0.15, -0.1) is 0 Å². The molecule has 0 saturated carbocycles. The van der Waals surface area contributed by atoms with E-state index in [-0.39, 0.29) is 0 Å². The van der Waals surface area contributed by atoms with Gasteiger partial charge in [0.25, 0.3) is 0 Å². The third kappa shape index (κ3) is 6.15. The maximum absolute atomic E-state index is 5.82. The SMILES string of the molecule is CCON(CN1CCN(I)CC1)CN1CCN(I)CC1. The average Bonchev–Trinajstić information content (AvgIpc) is 2.44. The lowest BCUT2D eigenvalue weighted by Crippen LogP contribution is -2.52. The molecule has 0 radical (unpaired) electrons. The van der Waals surface area contributed by atoms with E-state index in [1.165, 1.54) is 0 Å². The summed E-state index contributed by atoms with van der Waals surface area (Å²) in [6.45, 7) is 13.8. The van der Waals surface area contributed by atoms with E-state index in [2.05, 4.69) is 73.7 Å². The largest absolute Gasteiger partial charge is 0.297 e. The molecule has 2 fully saturated rings. The van der Waals surface area contributed by atoms with Gasteiger partial charge in [0.2, 0.25) is 0 Å². The van der Waals surface area contributed by atoms with Crippen molar-refractivity contribution in [3.63, 3.8) is 0 Å². The highest BCUT2D eigenvalue weighted by atomic mass is 127. The van der Waals surface area contributed by atoms with Crippen LogP contribution in [0.15, 0.2) is 0 Å². The fourth-order valence-corrected chi connectivity index (χ4v) is 3.35. The smallest absolute Gasteiger partial charge is 0.0772 e. The summed E-state index contributed by atoms with van der Waals surface area (Å²) in [6, 6.07) is 0. The quantitative estimate of drug-likeness (QED) is 0.303. The number of piperazine rings is 2. The van der Waals surface area contributed by atoms with Crippen molar-refractivity contribution in [1.29, 1.82) is 0 Å². The molecule has 0 aromatic carbocycles. The zero-order chi connectivity index (χ0) is 14.4. The molecule has 0 aliphatic carbocycles. The summed E-state index contributed by atoms with van der Waals surface area (Å²) in [5.41, 5.74) is 0. The summed E-state index contributed by atoms with van der Waals surface area (Å²) < 4.78 is 4.72. The summed E-state index contributed by atoms with van der Waals surface area (Å²) in [7, 11) is 0. The summed E-state index contributed by atoms with van der Waals surface area (Å²) in [5, 5.41) is 2.13. The number of nitrogens with zero attached hydrogens (tertiary/aromatic N) is 5. The van der Waals surface area contributed by atoms with Crippen LogP contribution in [0.5, 0.6) is 0 Å². The van der Waals surface area contributed by atoms with E-state index in [1.54, 1.807) is 0 Å². The lowest BCUT2D eigenvalue weighted by molar-refractivity contribution is -0.203. The lowest BCUT2D eigenvalue weighted by Gasteiger charge is -2.38. The van der Waals surface area contributed by atoms with Crippen molar-refractivity contribution < 1.29 is 4.84 Å². The molecule has 2 aliphatic rings. The molecule has 0 spiro atoms. The van der Waals surface area contributed by atoms with Gasteiger partial charge in [0.15, 0.2) is 0 Å². The van der Waals surface area contributed by atoms with E-state index in [0.717, 1.165) is 72.3 Å². The van der Waals surface area contributed by atoms with Crippen LogP contribution in [-0.2, 0) is 4.84 Å². The van der Waals surface area contributed by atoms with E-state index in [9.17, 15) is 0 Å². The van der Waals surface area contributed by atoms with Crippen LogP contribution in [0.4, 0.5) is 0 Å². The van der Waals surface area contributed by atoms with E-state index in [0.29, 0.717) is 0 Å². The minimum Gasteiger partial charge on any atom is -0.297 e. The van der Waals surface area contributed by atoms with Crippen molar-refractivity contribution >= 4 is 45.7 Å². The predicted molar refractivity (Wildman–Crippen MR) is 97.5 cm³/mol. The van der Waals surface area contributed by atoms with Gasteiger partial charge < -0.3 is 0 Å². The molecule has 0 unspecified atom stereocenters. The Kier molecular flexibility index (Phi) is 8.24. The second kappa shape index (κ2) is 9.38. The molecule has 6 nitrogen and oxygen atoms in total. The highest BCUT2D eigenvalue weighted by Gasteiger charge is 2.21. The molecular formula is C12H25I2N5O. The minimum absolute atomic E-state index is 0.749.